The van der Waals surface area contributed by atoms with Gasteiger partial charge in [0, 0.05) is 30.8 Å². The average molecular weight is 396 g/mol. The van der Waals surface area contributed by atoms with Gasteiger partial charge in [0.25, 0.3) is 11.8 Å². The van der Waals surface area contributed by atoms with E-state index in [1.165, 1.54) is 0 Å². The highest BCUT2D eigenvalue weighted by molar-refractivity contribution is 6.06. The van der Waals surface area contributed by atoms with E-state index in [0.29, 0.717) is 30.9 Å². The number of unbranched alkanes of at least 4 members (excludes halogenated alkanes) is 2. The number of nitrogens with zero attached hydrogens (tertiary/aromatic N) is 1. The van der Waals surface area contributed by atoms with Crippen LogP contribution in [0.25, 0.3) is 0 Å². The number of rotatable bonds is 8. The largest absolute Gasteiger partial charge is 0.378 e. The summed E-state index contributed by atoms with van der Waals surface area (Å²) >= 11 is 0. The molecule has 0 radical (unpaired) electrons. The third-order valence-electron chi connectivity index (χ3n) is 4.98. The van der Waals surface area contributed by atoms with Crippen molar-refractivity contribution in [1.82, 2.24) is 5.32 Å². The second-order valence-electron chi connectivity index (χ2n) is 7.11. The van der Waals surface area contributed by atoms with Crippen molar-refractivity contribution in [3.05, 3.63) is 59.7 Å². The molecule has 0 spiro atoms. The molecule has 6 nitrogen and oxygen atoms in total. The van der Waals surface area contributed by atoms with Crippen LogP contribution < -0.4 is 15.5 Å². The molecule has 2 N–H and O–H groups in total. The van der Waals surface area contributed by atoms with Gasteiger partial charge in [0.05, 0.1) is 24.6 Å². The van der Waals surface area contributed by atoms with Crippen LogP contribution in [0.2, 0.25) is 0 Å². The third kappa shape index (κ3) is 5.81. The van der Waals surface area contributed by atoms with Crippen molar-refractivity contribution in [2.45, 2.75) is 26.2 Å². The Bertz CT molecular complexity index is 814. The molecule has 0 saturated carbocycles. The summed E-state index contributed by atoms with van der Waals surface area (Å²) in [5, 5.41) is 5.91. The fourth-order valence-electron chi connectivity index (χ4n) is 3.31. The van der Waals surface area contributed by atoms with Crippen LogP contribution in [0.1, 0.15) is 46.9 Å². The van der Waals surface area contributed by atoms with Gasteiger partial charge in [0.1, 0.15) is 0 Å². The molecular formula is C23H29N3O3. The fourth-order valence-corrected chi connectivity index (χ4v) is 3.31. The van der Waals surface area contributed by atoms with Crippen LogP contribution in [0.4, 0.5) is 11.4 Å². The van der Waals surface area contributed by atoms with E-state index in [2.05, 4.69) is 22.5 Å². The summed E-state index contributed by atoms with van der Waals surface area (Å²) in [6.45, 7) is 5.77. The van der Waals surface area contributed by atoms with E-state index in [1.807, 2.05) is 24.3 Å². The standard InChI is InChI=1S/C23H29N3O3/c1-2-3-6-13-24-22(27)18-9-11-19(12-10-18)23(28)25-20-7-4-5-8-21(20)26-14-16-29-17-15-26/h4-5,7-12H,2-3,6,13-17H2,1H3,(H,24,27)(H,25,28). The van der Waals surface area contributed by atoms with Gasteiger partial charge in [0.2, 0.25) is 0 Å². The van der Waals surface area contributed by atoms with Gasteiger partial charge in [0.15, 0.2) is 0 Å². The number of anilines is 2. The van der Waals surface area contributed by atoms with E-state index < -0.39 is 0 Å². The zero-order valence-electron chi connectivity index (χ0n) is 16.9. The molecule has 1 aliphatic rings. The Hall–Kier alpha value is -2.86. The number of nitrogens with one attached hydrogen (secondary N) is 2. The fraction of sp³-hybridized carbons (Fsp3) is 0.391. The van der Waals surface area contributed by atoms with Crippen LogP contribution in [-0.4, -0.2) is 44.7 Å². The van der Waals surface area contributed by atoms with Gasteiger partial charge in [-0.3, -0.25) is 9.59 Å². The van der Waals surface area contributed by atoms with Crippen LogP contribution in [0.15, 0.2) is 48.5 Å². The lowest BCUT2D eigenvalue weighted by Crippen LogP contribution is -2.36. The molecule has 1 saturated heterocycles. The second-order valence-corrected chi connectivity index (χ2v) is 7.11. The van der Waals surface area contributed by atoms with Crippen LogP contribution in [0.5, 0.6) is 0 Å². The minimum Gasteiger partial charge on any atom is -0.378 e. The molecule has 2 amide bonds. The van der Waals surface area contributed by atoms with Crippen molar-refractivity contribution < 1.29 is 14.3 Å². The minimum atomic E-state index is -0.194. The Morgan fingerprint density at radius 3 is 2.28 bits per heavy atom. The molecule has 2 aromatic rings. The topological polar surface area (TPSA) is 70.7 Å². The van der Waals surface area contributed by atoms with Crippen LogP contribution in [0.3, 0.4) is 0 Å². The molecule has 154 valence electrons. The van der Waals surface area contributed by atoms with Crippen molar-refractivity contribution in [2.24, 2.45) is 0 Å². The maximum absolute atomic E-state index is 12.7. The molecular weight excluding hydrogens is 366 g/mol. The smallest absolute Gasteiger partial charge is 0.255 e. The van der Waals surface area contributed by atoms with Crippen LogP contribution >= 0.6 is 0 Å². The summed E-state index contributed by atoms with van der Waals surface area (Å²) in [6.07, 6.45) is 3.20. The summed E-state index contributed by atoms with van der Waals surface area (Å²) in [7, 11) is 0. The first kappa shape index (κ1) is 20.9. The number of benzene rings is 2. The number of ether oxygens (including phenoxy) is 1. The molecule has 6 heteroatoms. The average Bonchev–Trinajstić information content (AvgIpc) is 2.77. The number of hydrogen-bond donors (Lipinski definition) is 2. The zero-order chi connectivity index (χ0) is 20.5. The number of hydrogen-bond acceptors (Lipinski definition) is 4. The Kier molecular flexibility index (Phi) is 7.64. The molecule has 3 rings (SSSR count). The molecule has 0 unspecified atom stereocenters. The zero-order valence-corrected chi connectivity index (χ0v) is 16.9. The molecule has 0 aliphatic carbocycles. The molecule has 2 aromatic carbocycles. The van der Waals surface area contributed by atoms with E-state index in [1.54, 1.807) is 24.3 Å². The summed E-state index contributed by atoms with van der Waals surface area (Å²) < 4.78 is 5.42. The molecule has 0 bridgehead atoms. The van der Waals surface area contributed by atoms with Gasteiger partial charge in [-0.25, -0.2) is 0 Å². The van der Waals surface area contributed by atoms with Gasteiger partial charge in [-0.05, 0) is 42.8 Å². The molecule has 29 heavy (non-hydrogen) atoms. The summed E-state index contributed by atoms with van der Waals surface area (Å²) in [4.78, 5) is 27.1. The third-order valence-corrected chi connectivity index (χ3v) is 4.98. The van der Waals surface area contributed by atoms with Crippen molar-refractivity contribution in [3.63, 3.8) is 0 Å². The SMILES string of the molecule is CCCCCNC(=O)c1ccc(C(=O)Nc2ccccc2N2CCOCC2)cc1. The van der Waals surface area contributed by atoms with Gasteiger partial charge in [-0.15, -0.1) is 0 Å². The van der Waals surface area contributed by atoms with Crippen LogP contribution in [0, 0.1) is 0 Å². The molecule has 1 fully saturated rings. The number of morpholine rings is 1. The van der Waals surface area contributed by atoms with Gasteiger partial charge < -0.3 is 20.3 Å². The first-order chi connectivity index (χ1) is 14.2. The van der Waals surface area contributed by atoms with E-state index in [-0.39, 0.29) is 11.8 Å². The van der Waals surface area contributed by atoms with Crippen molar-refractivity contribution >= 4 is 23.2 Å². The van der Waals surface area contributed by atoms with Gasteiger partial charge >= 0.3 is 0 Å². The molecule has 0 aromatic heterocycles. The number of carbonyl (C=O) groups is 2. The van der Waals surface area contributed by atoms with E-state index in [9.17, 15) is 9.59 Å². The first-order valence-electron chi connectivity index (χ1n) is 10.3. The van der Waals surface area contributed by atoms with Crippen LogP contribution in [-0.2, 0) is 4.74 Å². The predicted molar refractivity (Wildman–Crippen MR) is 116 cm³/mol. The normalized spacial score (nSPS) is 13.8. The van der Waals surface area contributed by atoms with Gasteiger partial charge in [-0.1, -0.05) is 31.9 Å². The highest BCUT2D eigenvalue weighted by atomic mass is 16.5. The lowest BCUT2D eigenvalue weighted by atomic mass is 10.1. The lowest BCUT2D eigenvalue weighted by molar-refractivity contribution is 0.0951. The Morgan fingerprint density at radius 2 is 1.59 bits per heavy atom. The lowest BCUT2D eigenvalue weighted by Gasteiger charge is -2.30. The Balaban J connectivity index is 1.62. The quantitative estimate of drug-likeness (QED) is 0.669. The summed E-state index contributed by atoms with van der Waals surface area (Å²) in [5.41, 5.74) is 2.85. The Labute approximate surface area is 172 Å². The van der Waals surface area contributed by atoms with E-state index in [4.69, 9.17) is 4.74 Å². The minimum absolute atomic E-state index is 0.106. The molecule has 1 heterocycles. The molecule has 1 aliphatic heterocycles. The number of amides is 2. The number of carbonyl (C=O) groups excluding carboxylic acids is 2. The van der Waals surface area contributed by atoms with Gasteiger partial charge in [-0.2, -0.15) is 0 Å². The Morgan fingerprint density at radius 1 is 0.931 bits per heavy atom. The molecule has 0 atom stereocenters. The van der Waals surface area contributed by atoms with E-state index >= 15 is 0 Å². The maximum atomic E-state index is 12.7. The summed E-state index contributed by atoms with van der Waals surface area (Å²) in [5.74, 6) is -0.300. The number of para-hydroxylation sites is 2. The maximum Gasteiger partial charge on any atom is 0.255 e. The van der Waals surface area contributed by atoms with Crippen molar-refractivity contribution in [1.29, 1.82) is 0 Å². The monoisotopic (exact) mass is 395 g/mol. The first-order valence-corrected chi connectivity index (χ1v) is 10.3. The highest BCUT2D eigenvalue weighted by Gasteiger charge is 2.16. The predicted octanol–water partition coefficient (Wildman–Crippen LogP) is 3.70. The highest BCUT2D eigenvalue weighted by Crippen LogP contribution is 2.26. The summed E-state index contributed by atoms with van der Waals surface area (Å²) in [6, 6.07) is 14.5. The second kappa shape index (κ2) is 10.6. The van der Waals surface area contributed by atoms with Crippen molar-refractivity contribution in [3.8, 4) is 0 Å². The van der Waals surface area contributed by atoms with Crippen molar-refractivity contribution in [2.75, 3.05) is 43.1 Å². The van der Waals surface area contributed by atoms with E-state index in [0.717, 1.165) is 43.7 Å².